The number of nitrogens with zero attached hydrogens (tertiary/aromatic N) is 3. The first-order valence-corrected chi connectivity index (χ1v) is 8.73. The maximum atomic E-state index is 11.7. The molecule has 0 saturated carbocycles. The average molecular weight is 345 g/mol. The molecule has 0 atom stereocenters. The quantitative estimate of drug-likeness (QED) is 0.336. The fourth-order valence-electron chi connectivity index (χ4n) is 2.18. The first-order chi connectivity index (χ1) is 10.7. The fourth-order valence-corrected chi connectivity index (χ4v) is 3.09. The van der Waals surface area contributed by atoms with Crippen LogP contribution in [0.3, 0.4) is 0 Å². The lowest BCUT2D eigenvalue weighted by Crippen LogP contribution is -2.27. The van der Waals surface area contributed by atoms with E-state index in [-0.39, 0.29) is 11.7 Å². The van der Waals surface area contributed by atoms with Gasteiger partial charge in [-0.05, 0) is 19.3 Å². The molecular weight excluding hydrogens is 324 g/mol. The smallest absolute Gasteiger partial charge is 0.230 e. The van der Waals surface area contributed by atoms with Crippen LogP contribution in [0.25, 0.3) is 0 Å². The first-order valence-electron chi connectivity index (χ1n) is 7.37. The Hall–Kier alpha value is -1.05. The summed E-state index contributed by atoms with van der Waals surface area (Å²) in [5.74, 6) is 1.10. The molecule has 1 saturated heterocycles. The zero-order valence-electron chi connectivity index (χ0n) is 12.7. The number of aromatic nitrogens is 2. The van der Waals surface area contributed by atoms with Gasteiger partial charge in [0, 0.05) is 39.4 Å². The van der Waals surface area contributed by atoms with Crippen LogP contribution in [-0.4, -0.2) is 55.0 Å². The molecule has 122 valence electrons. The Kier molecular flexibility index (Phi) is 7.21. The van der Waals surface area contributed by atoms with Crippen molar-refractivity contribution in [3.05, 3.63) is 11.2 Å². The summed E-state index contributed by atoms with van der Waals surface area (Å²) in [6.07, 6.45) is 3.15. The largest absolute Gasteiger partial charge is 0.385 e. The van der Waals surface area contributed by atoms with Gasteiger partial charge in [-0.2, -0.15) is 0 Å². The van der Waals surface area contributed by atoms with E-state index < -0.39 is 0 Å². The minimum absolute atomic E-state index is 0.0348. The zero-order valence-corrected chi connectivity index (χ0v) is 14.3. The third-order valence-electron chi connectivity index (χ3n) is 3.27. The van der Waals surface area contributed by atoms with Crippen LogP contribution in [0.2, 0.25) is 5.15 Å². The van der Waals surface area contributed by atoms with Gasteiger partial charge in [0.1, 0.15) is 11.0 Å². The van der Waals surface area contributed by atoms with E-state index in [0.29, 0.717) is 23.5 Å². The molecule has 1 aromatic rings. The average Bonchev–Trinajstić information content (AvgIpc) is 3.03. The summed E-state index contributed by atoms with van der Waals surface area (Å²) in [5, 5.41) is 3.79. The van der Waals surface area contributed by atoms with E-state index in [1.165, 1.54) is 24.6 Å². The molecule has 1 fully saturated rings. The number of halogens is 1. The molecule has 2 rings (SSSR count). The highest BCUT2D eigenvalue weighted by Gasteiger charge is 2.16. The summed E-state index contributed by atoms with van der Waals surface area (Å²) in [4.78, 5) is 22.6. The lowest BCUT2D eigenvalue weighted by Gasteiger charge is -2.16. The second kappa shape index (κ2) is 9.17. The molecule has 22 heavy (non-hydrogen) atoms. The third kappa shape index (κ3) is 5.62. The van der Waals surface area contributed by atoms with Gasteiger partial charge in [0.15, 0.2) is 5.16 Å². The first kappa shape index (κ1) is 17.3. The zero-order chi connectivity index (χ0) is 15.8. The minimum Gasteiger partial charge on any atom is -0.385 e. The molecule has 8 heteroatoms. The Morgan fingerprint density at radius 2 is 2.23 bits per heavy atom. The van der Waals surface area contributed by atoms with Crippen LogP contribution in [0, 0.1) is 0 Å². The topological polar surface area (TPSA) is 67.3 Å². The van der Waals surface area contributed by atoms with E-state index in [1.807, 2.05) is 0 Å². The van der Waals surface area contributed by atoms with Crippen LogP contribution in [0.15, 0.2) is 11.2 Å². The highest BCUT2D eigenvalue weighted by atomic mass is 35.5. The Bertz CT molecular complexity index is 498. The number of rotatable bonds is 8. The highest BCUT2D eigenvalue weighted by molar-refractivity contribution is 7.99. The van der Waals surface area contributed by atoms with E-state index >= 15 is 0 Å². The number of carbonyl (C=O) groups excluding carboxylic acids is 1. The molecule has 0 aliphatic carbocycles. The van der Waals surface area contributed by atoms with E-state index in [0.717, 1.165) is 25.3 Å². The van der Waals surface area contributed by atoms with Crippen molar-refractivity contribution in [3.8, 4) is 0 Å². The maximum Gasteiger partial charge on any atom is 0.230 e. The molecule has 0 aromatic carbocycles. The number of nitrogens with one attached hydrogen (secondary N) is 1. The number of anilines is 1. The Balaban J connectivity index is 1.83. The molecule has 0 bridgehead atoms. The summed E-state index contributed by atoms with van der Waals surface area (Å²) in [5.41, 5.74) is 0. The monoisotopic (exact) mass is 344 g/mol. The van der Waals surface area contributed by atoms with Crippen molar-refractivity contribution < 1.29 is 9.53 Å². The predicted octanol–water partition coefficient (Wildman–Crippen LogP) is 1.97. The number of thioether (sulfide) groups is 1. The van der Waals surface area contributed by atoms with E-state index in [2.05, 4.69) is 20.2 Å². The van der Waals surface area contributed by atoms with Crippen molar-refractivity contribution in [3.63, 3.8) is 0 Å². The van der Waals surface area contributed by atoms with Crippen molar-refractivity contribution in [1.82, 2.24) is 15.3 Å². The molecule has 6 nitrogen and oxygen atoms in total. The molecular formula is C14H21ClN4O2S. The van der Waals surface area contributed by atoms with Crippen molar-refractivity contribution in [1.29, 1.82) is 0 Å². The van der Waals surface area contributed by atoms with Gasteiger partial charge in [0.05, 0.1) is 5.75 Å². The second-order valence-electron chi connectivity index (χ2n) is 5.01. The Morgan fingerprint density at radius 1 is 1.45 bits per heavy atom. The lowest BCUT2D eigenvalue weighted by atomic mass is 10.4. The highest BCUT2D eigenvalue weighted by Crippen LogP contribution is 2.24. The van der Waals surface area contributed by atoms with Crippen molar-refractivity contribution in [2.24, 2.45) is 0 Å². The van der Waals surface area contributed by atoms with Crippen LogP contribution < -0.4 is 10.2 Å². The van der Waals surface area contributed by atoms with E-state index in [4.69, 9.17) is 16.3 Å². The van der Waals surface area contributed by atoms with Gasteiger partial charge in [-0.25, -0.2) is 9.97 Å². The number of hydrogen-bond donors (Lipinski definition) is 1. The molecule has 0 radical (unpaired) electrons. The van der Waals surface area contributed by atoms with E-state index in [1.54, 1.807) is 13.2 Å². The van der Waals surface area contributed by atoms with Gasteiger partial charge in [0.2, 0.25) is 5.91 Å². The van der Waals surface area contributed by atoms with Crippen molar-refractivity contribution in [2.45, 2.75) is 24.4 Å². The van der Waals surface area contributed by atoms with Crippen LogP contribution in [0.1, 0.15) is 19.3 Å². The second-order valence-corrected chi connectivity index (χ2v) is 6.34. The Morgan fingerprint density at radius 3 is 2.95 bits per heavy atom. The van der Waals surface area contributed by atoms with Crippen LogP contribution in [0.4, 0.5) is 5.82 Å². The van der Waals surface area contributed by atoms with Crippen molar-refractivity contribution in [2.75, 3.05) is 44.0 Å². The molecule has 1 aromatic heterocycles. The third-order valence-corrected chi connectivity index (χ3v) is 4.31. The summed E-state index contributed by atoms with van der Waals surface area (Å²) >= 11 is 7.36. The predicted molar refractivity (Wildman–Crippen MR) is 88.7 cm³/mol. The summed E-state index contributed by atoms with van der Waals surface area (Å²) in [6, 6.07) is 1.78. The molecule has 1 amide bonds. The number of methoxy groups -OCH3 is 1. The maximum absolute atomic E-state index is 11.7. The normalized spacial score (nSPS) is 14.4. The number of carbonyl (C=O) groups is 1. The lowest BCUT2D eigenvalue weighted by molar-refractivity contribution is -0.118. The number of hydrogen-bond acceptors (Lipinski definition) is 6. The van der Waals surface area contributed by atoms with Gasteiger partial charge in [-0.15, -0.1) is 0 Å². The number of ether oxygens (including phenoxy) is 1. The molecule has 1 N–H and O–H groups in total. The molecule has 1 aliphatic rings. The fraction of sp³-hybridized carbons (Fsp3) is 0.643. The SMILES string of the molecule is COCCCNC(=O)CSc1nc(Cl)cc(N2CCCC2)n1. The standard InChI is InChI=1S/C14H21ClN4O2S/c1-21-8-4-5-16-13(20)10-22-14-17-11(15)9-12(18-14)19-6-2-3-7-19/h9H,2-8,10H2,1H3,(H,16,20). The van der Waals surface area contributed by atoms with Gasteiger partial charge in [-0.1, -0.05) is 23.4 Å². The van der Waals surface area contributed by atoms with Crippen LogP contribution >= 0.6 is 23.4 Å². The Labute approximate surface area is 140 Å². The summed E-state index contributed by atoms with van der Waals surface area (Å²) in [7, 11) is 1.64. The van der Waals surface area contributed by atoms with Gasteiger partial charge >= 0.3 is 0 Å². The molecule has 0 unspecified atom stereocenters. The molecule has 0 spiro atoms. The minimum atomic E-state index is -0.0348. The van der Waals surface area contributed by atoms with Gasteiger partial charge in [0.25, 0.3) is 0 Å². The molecule has 1 aliphatic heterocycles. The molecule has 2 heterocycles. The van der Waals surface area contributed by atoms with Gasteiger partial charge in [-0.3, -0.25) is 4.79 Å². The van der Waals surface area contributed by atoms with E-state index in [9.17, 15) is 4.79 Å². The van der Waals surface area contributed by atoms with Gasteiger partial charge < -0.3 is 15.0 Å². The van der Waals surface area contributed by atoms with Crippen LogP contribution in [0.5, 0.6) is 0 Å². The summed E-state index contributed by atoms with van der Waals surface area (Å²) in [6.45, 7) is 3.25. The van der Waals surface area contributed by atoms with Crippen LogP contribution in [-0.2, 0) is 9.53 Å². The number of amides is 1. The summed E-state index contributed by atoms with van der Waals surface area (Å²) < 4.78 is 4.93. The van der Waals surface area contributed by atoms with Crippen molar-refractivity contribution >= 4 is 35.1 Å².